The summed E-state index contributed by atoms with van der Waals surface area (Å²) >= 11 is 0. The van der Waals surface area contributed by atoms with E-state index in [9.17, 15) is 4.79 Å². The van der Waals surface area contributed by atoms with Crippen LogP contribution < -0.4 is 5.73 Å². The van der Waals surface area contributed by atoms with Crippen molar-refractivity contribution in [3.8, 4) is 0 Å². The minimum absolute atomic E-state index is 0.101. The van der Waals surface area contributed by atoms with Crippen LogP contribution in [0, 0.1) is 0 Å². The molecule has 1 fully saturated rings. The minimum atomic E-state index is 0.101. The fourth-order valence-electron chi connectivity index (χ4n) is 2.15. The molecular formula is C11H23N3O. The fraction of sp³-hybridized carbons (Fsp3) is 0.909. The van der Waals surface area contributed by atoms with E-state index in [0.717, 1.165) is 25.9 Å². The van der Waals surface area contributed by atoms with Gasteiger partial charge in [0.15, 0.2) is 0 Å². The predicted molar refractivity (Wildman–Crippen MR) is 61.6 cm³/mol. The van der Waals surface area contributed by atoms with Crippen LogP contribution in [0.5, 0.6) is 0 Å². The van der Waals surface area contributed by atoms with Gasteiger partial charge in [-0.05, 0) is 26.9 Å². The van der Waals surface area contributed by atoms with Gasteiger partial charge in [-0.1, -0.05) is 12.8 Å². The molecule has 0 saturated heterocycles. The zero-order chi connectivity index (χ0) is 11.3. The van der Waals surface area contributed by atoms with Gasteiger partial charge < -0.3 is 15.5 Å². The summed E-state index contributed by atoms with van der Waals surface area (Å²) in [5.41, 5.74) is 5.44. The van der Waals surface area contributed by atoms with Gasteiger partial charge in [0.05, 0.1) is 6.54 Å². The first-order valence-corrected chi connectivity index (χ1v) is 5.79. The predicted octanol–water partition coefficient (Wildman–Crippen LogP) is 0.278. The molecule has 1 aliphatic carbocycles. The lowest BCUT2D eigenvalue weighted by molar-refractivity contribution is -0.132. The van der Waals surface area contributed by atoms with Crippen molar-refractivity contribution < 1.29 is 4.79 Å². The Kier molecular flexibility index (Phi) is 5.05. The molecule has 0 aromatic carbocycles. The summed E-state index contributed by atoms with van der Waals surface area (Å²) in [6.45, 7) is 1.87. The van der Waals surface area contributed by atoms with Gasteiger partial charge in [0.2, 0.25) is 5.91 Å². The Morgan fingerprint density at radius 2 is 1.87 bits per heavy atom. The highest BCUT2D eigenvalue weighted by atomic mass is 16.2. The van der Waals surface area contributed by atoms with Crippen molar-refractivity contribution in [3.05, 3.63) is 0 Å². The third-order valence-corrected chi connectivity index (χ3v) is 3.05. The maximum atomic E-state index is 11.7. The number of likely N-dealkylation sites (N-methyl/N-ethyl adjacent to an activating group) is 1. The van der Waals surface area contributed by atoms with Crippen LogP contribution in [0.2, 0.25) is 0 Å². The maximum absolute atomic E-state index is 11.7. The van der Waals surface area contributed by atoms with E-state index >= 15 is 0 Å². The smallest absolute Gasteiger partial charge is 0.236 e. The molecule has 15 heavy (non-hydrogen) atoms. The van der Waals surface area contributed by atoms with Crippen LogP contribution in [0.4, 0.5) is 0 Å². The molecule has 2 N–H and O–H groups in total. The highest BCUT2D eigenvalue weighted by Crippen LogP contribution is 2.23. The second-order valence-corrected chi connectivity index (χ2v) is 4.53. The first-order valence-electron chi connectivity index (χ1n) is 5.79. The van der Waals surface area contributed by atoms with Gasteiger partial charge in [0.1, 0.15) is 0 Å². The Bertz CT molecular complexity index is 200. The summed E-state index contributed by atoms with van der Waals surface area (Å²) in [4.78, 5) is 15.8. The normalized spacial score (nSPS) is 17.3. The molecule has 4 heteroatoms. The zero-order valence-corrected chi connectivity index (χ0v) is 9.91. The van der Waals surface area contributed by atoms with E-state index in [2.05, 4.69) is 4.90 Å². The third-order valence-electron chi connectivity index (χ3n) is 3.05. The number of rotatable bonds is 5. The van der Waals surface area contributed by atoms with E-state index in [4.69, 9.17) is 5.73 Å². The van der Waals surface area contributed by atoms with Gasteiger partial charge >= 0.3 is 0 Å². The summed E-state index contributed by atoms with van der Waals surface area (Å²) in [6, 6.07) is 0.445. The lowest BCUT2D eigenvalue weighted by Crippen LogP contribution is -2.45. The molecule has 0 aromatic rings. The van der Waals surface area contributed by atoms with Crippen LogP contribution >= 0.6 is 0 Å². The number of amides is 1. The molecular weight excluding hydrogens is 190 g/mol. The third kappa shape index (κ3) is 3.80. The molecule has 0 aromatic heterocycles. The van der Waals surface area contributed by atoms with Crippen molar-refractivity contribution in [2.45, 2.75) is 31.7 Å². The Hall–Kier alpha value is -0.610. The first kappa shape index (κ1) is 12.5. The average molecular weight is 213 g/mol. The van der Waals surface area contributed by atoms with Gasteiger partial charge in [-0.25, -0.2) is 0 Å². The lowest BCUT2D eigenvalue weighted by atomic mass is 10.2. The quantitative estimate of drug-likeness (QED) is 0.713. The highest BCUT2D eigenvalue weighted by molar-refractivity contribution is 5.78. The number of nitrogens with two attached hydrogens (primary N) is 1. The minimum Gasteiger partial charge on any atom is -0.337 e. The van der Waals surface area contributed by atoms with Gasteiger partial charge in [-0.3, -0.25) is 4.79 Å². The molecule has 0 atom stereocenters. The number of carbonyl (C=O) groups is 1. The molecule has 0 radical (unpaired) electrons. The molecule has 0 spiro atoms. The summed E-state index contributed by atoms with van der Waals surface area (Å²) in [5, 5.41) is 0. The summed E-state index contributed by atoms with van der Waals surface area (Å²) in [6.07, 6.45) is 4.81. The second-order valence-electron chi connectivity index (χ2n) is 4.53. The number of carbonyl (C=O) groups excluding carboxylic acids is 1. The Labute approximate surface area is 92.4 Å². The summed E-state index contributed by atoms with van der Waals surface area (Å²) < 4.78 is 0. The standard InChI is InChI=1S/C11H23N3O/c1-13(2)7-8-14(11(15)9-12)10-5-3-4-6-10/h10H,3-9,12H2,1-2H3. The van der Waals surface area contributed by atoms with E-state index < -0.39 is 0 Å². The van der Waals surface area contributed by atoms with E-state index in [0.29, 0.717) is 6.04 Å². The van der Waals surface area contributed by atoms with E-state index in [1.165, 1.54) is 12.8 Å². The molecule has 1 rings (SSSR count). The SMILES string of the molecule is CN(C)CCN(C(=O)CN)C1CCCC1. The molecule has 1 amide bonds. The van der Waals surface area contributed by atoms with Crippen LogP contribution in [0.25, 0.3) is 0 Å². The van der Waals surface area contributed by atoms with E-state index in [1.807, 2.05) is 19.0 Å². The lowest BCUT2D eigenvalue weighted by Gasteiger charge is -2.29. The van der Waals surface area contributed by atoms with Crippen LogP contribution in [-0.4, -0.2) is 55.5 Å². The van der Waals surface area contributed by atoms with Gasteiger partial charge in [0.25, 0.3) is 0 Å². The molecule has 4 nitrogen and oxygen atoms in total. The van der Waals surface area contributed by atoms with Crippen molar-refractivity contribution in [2.24, 2.45) is 5.73 Å². The zero-order valence-electron chi connectivity index (χ0n) is 9.91. The van der Waals surface area contributed by atoms with Crippen molar-refractivity contribution in [1.82, 2.24) is 9.80 Å². The van der Waals surface area contributed by atoms with E-state index in [1.54, 1.807) is 0 Å². The van der Waals surface area contributed by atoms with E-state index in [-0.39, 0.29) is 12.5 Å². The number of nitrogens with zero attached hydrogens (tertiary/aromatic N) is 2. The van der Waals surface area contributed by atoms with Gasteiger partial charge in [-0.2, -0.15) is 0 Å². The highest BCUT2D eigenvalue weighted by Gasteiger charge is 2.25. The Morgan fingerprint density at radius 3 is 2.33 bits per heavy atom. The van der Waals surface area contributed by atoms with Crippen molar-refractivity contribution in [2.75, 3.05) is 33.7 Å². The molecule has 0 unspecified atom stereocenters. The number of hydrogen-bond donors (Lipinski definition) is 1. The second kappa shape index (κ2) is 6.08. The molecule has 0 bridgehead atoms. The van der Waals surface area contributed by atoms with Gasteiger partial charge in [0, 0.05) is 19.1 Å². The molecule has 0 heterocycles. The van der Waals surface area contributed by atoms with Crippen LogP contribution in [-0.2, 0) is 4.79 Å². The largest absolute Gasteiger partial charge is 0.337 e. The summed E-state index contributed by atoms with van der Waals surface area (Å²) in [5.74, 6) is 0.101. The maximum Gasteiger partial charge on any atom is 0.236 e. The van der Waals surface area contributed by atoms with Crippen molar-refractivity contribution in [1.29, 1.82) is 0 Å². The molecule has 1 aliphatic rings. The Balaban J connectivity index is 2.48. The molecule has 1 saturated carbocycles. The van der Waals surface area contributed by atoms with Crippen LogP contribution in [0.3, 0.4) is 0 Å². The average Bonchev–Trinajstić information content (AvgIpc) is 2.70. The molecule has 88 valence electrons. The monoisotopic (exact) mass is 213 g/mol. The van der Waals surface area contributed by atoms with Crippen LogP contribution in [0.15, 0.2) is 0 Å². The van der Waals surface area contributed by atoms with Crippen molar-refractivity contribution >= 4 is 5.91 Å². The number of hydrogen-bond acceptors (Lipinski definition) is 3. The summed E-state index contributed by atoms with van der Waals surface area (Å²) in [7, 11) is 4.06. The first-order chi connectivity index (χ1) is 7.15. The topological polar surface area (TPSA) is 49.6 Å². The molecule has 0 aliphatic heterocycles. The fourth-order valence-corrected chi connectivity index (χ4v) is 2.15. The van der Waals surface area contributed by atoms with Crippen molar-refractivity contribution in [3.63, 3.8) is 0 Å². The van der Waals surface area contributed by atoms with Gasteiger partial charge in [-0.15, -0.1) is 0 Å². The van der Waals surface area contributed by atoms with Crippen LogP contribution in [0.1, 0.15) is 25.7 Å². The Morgan fingerprint density at radius 1 is 1.27 bits per heavy atom.